The fourth-order valence-electron chi connectivity index (χ4n) is 0.407. The molecule has 9 nitrogen and oxygen atoms in total. The van der Waals surface area contributed by atoms with Gasteiger partial charge >= 0.3 is 12.0 Å². The molecule has 98 valence electrons. The molecular formula is C9H13N5O4. The van der Waals surface area contributed by atoms with Gasteiger partial charge in [-0.1, -0.05) is 0 Å². The average molecular weight is 255 g/mol. The van der Waals surface area contributed by atoms with Crippen LogP contribution in [0.5, 0.6) is 0 Å². The maximum Gasteiger partial charge on any atom is 0.328 e. The molecule has 0 aliphatic rings. The number of amides is 3. The van der Waals surface area contributed by atoms with E-state index in [0.717, 1.165) is 6.08 Å². The zero-order valence-electron chi connectivity index (χ0n) is 9.26. The van der Waals surface area contributed by atoms with Gasteiger partial charge in [0.25, 0.3) is 0 Å². The molecule has 0 aliphatic carbocycles. The predicted molar refractivity (Wildman–Crippen MR) is 61.8 cm³/mol. The summed E-state index contributed by atoms with van der Waals surface area (Å²) in [6.45, 7) is 0. The summed E-state index contributed by atoms with van der Waals surface area (Å²) in [4.78, 5) is 35.7. The standard InChI is InChI=1S/C4H4N2.C4H5NO3.CH4N2O/c1-2-5-4-6-3-1;5-3(6)1-2-4(7)8;2-1(3)4/h1-4H;1-2H,(H2,5,6)(H,7,8);(H4,2,3,4)/b;2-1-;. The Bertz CT molecular complexity index is 346. The highest BCUT2D eigenvalue weighted by atomic mass is 16.4. The summed E-state index contributed by atoms with van der Waals surface area (Å²) in [5, 5.41) is 7.87. The van der Waals surface area contributed by atoms with Gasteiger partial charge in [-0.15, -0.1) is 0 Å². The highest BCUT2D eigenvalue weighted by Gasteiger charge is 1.86. The van der Waals surface area contributed by atoms with E-state index in [4.69, 9.17) is 9.90 Å². The second-order valence-electron chi connectivity index (χ2n) is 2.38. The van der Waals surface area contributed by atoms with E-state index in [1.54, 1.807) is 18.5 Å². The molecule has 1 heterocycles. The molecule has 0 atom stereocenters. The average Bonchev–Trinajstić information content (AvgIpc) is 2.29. The summed E-state index contributed by atoms with van der Waals surface area (Å²) in [7, 11) is 0. The minimum Gasteiger partial charge on any atom is -0.478 e. The van der Waals surface area contributed by atoms with Crippen LogP contribution in [-0.2, 0) is 9.59 Å². The molecule has 0 saturated heterocycles. The lowest BCUT2D eigenvalue weighted by Gasteiger charge is -1.75. The Kier molecular flexibility index (Phi) is 11.7. The van der Waals surface area contributed by atoms with Crippen molar-refractivity contribution in [3.8, 4) is 0 Å². The first-order valence-corrected chi connectivity index (χ1v) is 4.31. The SMILES string of the molecule is NC(=O)/C=C\C(=O)O.NC(N)=O.c1cncnc1. The highest BCUT2D eigenvalue weighted by Crippen LogP contribution is 1.68. The van der Waals surface area contributed by atoms with E-state index < -0.39 is 17.9 Å². The van der Waals surface area contributed by atoms with Crippen LogP contribution in [0.15, 0.2) is 36.9 Å². The lowest BCUT2D eigenvalue weighted by Crippen LogP contribution is -2.18. The van der Waals surface area contributed by atoms with Gasteiger partial charge in [-0.25, -0.2) is 19.6 Å². The van der Waals surface area contributed by atoms with Crippen LogP contribution in [-0.4, -0.2) is 33.0 Å². The van der Waals surface area contributed by atoms with Crippen LogP contribution in [0.3, 0.4) is 0 Å². The van der Waals surface area contributed by atoms with Gasteiger partial charge in [-0.2, -0.15) is 0 Å². The Balaban J connectivity index is 0. The molecule has 1 rings (SSSR count). The Morgan fingerprint density at radius 3 is 1.56 bits per heavy atom. The minimum absolute atomic E-state index is 0.683. The van der Waals surface area contributed by atoms with E-state index in [1.165, 1.54) is 6.33 Å². The molecule has 0 aromatic carbocycles. The van der Waals surface area contributed by atoms with E-state index in [-0.39, 0.29) is 0 Å². The second-order valence-corrected chi connectivity index (χ2v) is 2.38. The molecule has 1 aromatic rings. The number of primary amides is 3. The predicted octanol–water partition coefficient (Wildman–Crippen LogP) is -1.39. The van der Waals surface area contributed by atoms with Gasteiger partial charge in [0, 0.05) is 24.5 Å². The Morgan fingerprint density at radius 2 is 1.44 bits per heavy atom. The van der Waals surface area contributed by atoms with Crippen LogP contribution in [0.2, 0.25) is 0 Å². The van der Waals surface area contributed by atoms with Crippen LogP contribution in [0, 0.1) is 0 Å². The lowest BCUT2D eigenvalue weighted by molar-refractivity contribution is -0.131. The van der Waals surface area contributed by atoms with Crippen molar-refractivity contribution in [3.63, 3.8) is 0 Å². The highest BCUT2D eigenvalue weighted by molar-refractivity contribution is 5.92. The zero-order valence-corrected chi connectivity index (χ0v) is 9.26. The molecule has 7 N–H and O–H groups in total. The molecule has 0 unspecified atom stereocenters. The van der Waals surface area contributed by atoms with E-state index >= 15 is 0 Å². The number of urea groups is 1. The van der Waals surface area contributed by atoms with Crippen LogP contribution in [0.25, 0.3) is 0 Å². The molecule has 18 heavy (non-hydrogen) atoms. The number of carboxylic acids is 1. The molecule has 0 fully saturated rings. The van der Waals surface area contributed by atoms with Gasteiger partial charge in [0.15, 0.2) is 0 Å². The van der Waals surface area contributed by atoms with Crippen LogP contribution < -0.4 is 17.2 Å². The minimum atomic E-state index is -1.18. The van der Waals surface area contributed by atoms with E-state index in [9.17, 15) is 9.59 Å². The van der Waals surface area contributed by atoms with Gasteiger partial charge in [-0.05, 0) is 6.07 Å². The van der Waals surface area contributed by atoms with Crippen molar-refractivity contribution in [2.45, 2.75) is 0 Å². The first-order valence-electron chi connectivity index (χ1n) is 4.31. The Morgan fingerprint density at radius 1 is 1.00 bits per heavy atom. The number of carbonyl (C=O) groups is 3. The molecule has 3 amide bonds. The molecule has 9 heteroatoms. The largest absolute Gasteiger partial charge is 0.478 e. The number of aromatic nitrogens is 2. The van der Waals surface area contributed by atoms with E-state index in [0.29, 0.717) is 6.08 Å². The van der Waals surface area contributed by atoms with Crippen molar-refractivity contribution in [2.24, 2.45) is 17.2 Å². The van der Waals surface area contributed by atoms with Crippen LogP contribution >= 0.6 is 0 Å². The van der Waals surface area contributed by atoms with Gasteiger partial charge in [0.05, 0.1) is 0 Å². The Hall–Kier alpha value is -2.97. The fourth-order valence-corrected chi connectivity index (χ4v) is 0.407. The molecule has 0 bridgehead atoms. The van der Waals surface area contributed by atoms with Gasteiger partial charge < -0.3 is 22.3 Å². The molecule has 1 aromatic heterocycles. The number of carboxylic acid groups (broad SMARTS) is 1. The summed E-state index contributed by atoms with van der Waals surface area (Å²) in [6.07, 6.45) is 6.34. The number of hydrogen-bond donors (Lipinski definition) is 4. The number of aliphatic carboxylic acids is 1. The van der Waals surface area contributed by atoms with E-state index in [1.807, 2.05) is 0 Å². The summed E-state index contributed by atoms with van der Waals surface area (Å²) >= 11 is 0. The molecule has 0 saturated carbocycles. The van der Waals surface area contributed by atoms with Gasteiger partial charge in [-0.3, -0.25) is 4.79 Å². The number of nitrogens with zero attached hydrogens (tertiary/aromatic N) is 2. The first-order chi connectivity index (χ1) is 8.36. The quantitative estimate of drug-likeness (QED) is 0.473. The van der Waals surface area contributed by atoms with Crippen LogP contribution in [0.1, 0.15) is 0 Å². The van der Waals surface area contributed by atoms with Crippen molar-refractivity contribution in [3.05, 3.63) is 36.9 Å². The summed E-state index contributed by atoms with van der Waals surface area (Å²) < 4.78 is 0. The number of hydrogen-bond acceptors (Lipinski definition) is 5. The first kappa shape index (κ1) is 17.4. The number of carbonyl (C=O) groups excluding carboxylic acids is 2. The smallest absolute Gasteiger partial charge is 0.328 e. The topological polar surface area (TPSA) is 175 Å². The number of rotatable bonds is 2. The van der Waals surface area contributed by atoms with Crippen molar-refractivity contribution < 1.29 is 19.5 Å². The normalized spacial score (nSPS) is 8.22. The Labute approximate surface area is 102 Å². The molecular weight excluding hydrogens is 242 g/mol. The van der Waals surface area contributed by atoms with Gasteiger partial charge in [0.2, 0.25) is 5.91 Å². The maximum atomic E-state index is 9.78. The van der Waals surface area contributed by atoms with Gasteiger partial charge in [0.1, 0.15) is 6.33 Å². The van der Waals surface area contributed by atoms with Crippen molar-refractivity contribution >= 4 is 17.9 Å². The van der Waals surface area contributed by atoms with Crippen molar-refractivity contribution in [1.29, 1.82) is 0 Å². The summed E-state index contributed by atoms with van der Waals surface area (Å²) in [5.74, 6) is -1.93. The van der Waals surface area contributed by atoms with E-state index in [2.05, 4.69) is 27.2 Å². The lowest BCUT2D eigenvalue weighted by atomic mass is 10.5. The third-order valence-corrected chi connectivity index (χ3v) is 0.868. The van der Waals surface area contributed by atoms with Crippen molar-refractivity contribution in [1.82, 2.24) is 9.97 Å². The summed E-state index contributed by atoms with van der Waals surface area (Å²) in [5.41, 5.74) is 13.1. The molecule has 0 spiro atoms. The molecule has 0 aliphatic heterocycles. The monoisotopic (exact) mass is 255 g/mol. The van der Waals surface area contributed by atoms with Crippen LogP contribution in [0.4, 0.5) is 4.79 Å². The zero-order chi connectivity index (χ0) is 14.4. The fraction of sp³-hybridized carbons (Fsp3) is 0. The second kappa shape index (κ2) is 12.1. The maximum absolute atomic E-state index is 9.78. The number of nitrogens with two attached hydrogens (primary N) is 3. The summed E-state index contributed by atoms with van der Waals surface area (Å²) in [6, 6.07) is 0.944. The third-order valence-electron chi connectivity index (χ3n) is 0.868. The van der Waals surface area contributed by atoms with Crippen molar-refractivity contribution in [2.75, 3.05) is 0 Å². The third kappa shape index (κ3) is 29.2. The molecule has 0 radical (unpaired) electrons.